The summed E-state index contributed by atoms with van der Waals surface area (Å²) in [6.07, 6.45) is 4.38. The van der Waals surface area contributed by atoms with Crippen LogP contribution in [0.4, 0.5) is 0 Å². The van der Waals surface area contributed by atoms with Gasteiger partial charge in [0.1, 0.15) is 5.69 Å². The largest absolute Gasteiger partial charge is 0.312 e. The molecule has 0 saturated heterocycles. The maximum absolute atomic E-state index is 12.3. The molecular formula is C13H13N3O. The van der Waals surface area contributed by atoms with E-state index in [1.54, 1.807) is 16.8 Å². The summed E-state index contributed by atoms with van der Waals surface area (Å²) in [5.74, 6) is -0.0475. The maximum atomic E-state index is 12.3. The van der Waals surface area contributed by atoms with E-state index in [-0.39, 0.29) is 5.91 Å². The topological polar surface area (TPSA) is 46.9 Å². The van der Waals surface area contributed by atoms with Crippen LogP contribution in [0.3, 0.4) is 0 Å². The van der Waals surface area contributed by atoms with Gasteiger partial charge in [-0.15, -0.1) is 0 Å². The van der Waals surface area contributed by atoms with Gasteiger partial charge in [0.15, 0.2) is 0 Å². The van der Waals surface area contributed by atoms with Crippen LogP contribution in [-0.2, 0) is 13.0 Å². The Hall–Kier alpha value is -1.94. The molecule has 86 valence electrons. The second-order valence-electron chi connectivity index (χ2n) is 4.10. The first kappa shape index (κ1) is 10.2. The van der Waals surface area contributed by atoms with E-state index < -0.39 is 0 Å². The molecule has 1 N–H and O–H groups in total. The summed E-state index contributed by atoms with van der Waals surface area (Å²) < 4.78 is 1.72. The van der Waals surface area contributed by atoms with Crippen LogP contribution >= 0.6 is 0 Å². The number of rotatable bonds is 1. The van der Waals surface area contributed by atoms with Gasteiger partial charge in [0.25, 0.3) is 5.91 Å². The Bertz CT molecular complexity index is 545. The molecular weight excluding hydrogens is 214 g/mol. The van der Waals surface area contributed by atoms with Crippen LogP contribution in [-0.4, -0.2) is 22.0 Å². The number of aromatic nitrogens is 2. The van der Waals surface area contributed by atoms with Gasteiger partial charge in [0.05, 0.1) is 0 Å². The van der Waals surface area contributed by atoms with E-state index in [2.05, 4.69) is 10.3 Å². The predicted molar refractivity (Wildman–Crippen MR) is 63.8 cm³/mol. The van der Waals surface area contributed by atoms with E-state index in [4.69, 9.17) is 0 Å². The number of hydrogen-bond acceptors (Lipinski definition) is 3. The Balaban J connectivity index is 2.00. The fraction of sp³-hybridized carbons (Fsp3) is 0.231. The van der Waals surface area contributed by atoms with E-state index in [9.17, 15) is 4.79 Å². The Kier molecular flexibility index (Phi) is 2.49. The van der Waals surface area contributed by atoms with Crippen molar-refractivity contribution in [1.82, 2.24) is 14.9 Å². The van der Waals surface area contributed by atoms with Gasteiger partial charge in [-0.05, 0) is 23.8 Å². The lowest BCUT2D eigenvalue weighted by Gasteiger charge is -2.15. The van der Waals surface area contributed by atoms with Crippen molar-refractivity contribution in [2.24, 2.45) is 0 Å². The van der Waals surface area contributed by atoms with Gasteiger partial charge in [-0.1, -0.05) is 6.07 Å². The van der Waals surface area contributed by atoms with Crippen LogP contribution in [0.2, 0.25) is 0 Å². The molecule has 0 aliphatic carbocycles. The average molecular weight is 227 g/mol. The predicted octanol–water partition coefficient (Wildman–Crippen LogP) is 1.22. The van der Waals surface area contributed by atoms with Crippen LogP contribution in [0, 0.1) is 0 Å². The molecule has 0 radical (unpaired) electrons. The van der Waals surface area contributed by atoms with E-state index in [1.807, 2.05) is 24.4 Å². The Morgan fingerprint density at radius 1 is 1.35 bits per heavy atom. The molecule has 0 amide bonds. The number of nitrogens with zero attached hydrogens (tertiary/aromatic N) is 2. The second kappa shape index (κ2) is 4.14. The van der Waals surface area contributed by atoms with Crippen molar-refractivity contribution >= 4 is 5.91 Å². The fourth-order valence-electron chi connectivity index (χ4n) is 2.18. The quantitative estimate of drug-likeness (QED) is 0.796. The van der Waals surface area contributed by atoms with Crippen molar-refractivity contribution in [3.63, 3.8) is 0 Å². The molecule has 0 fully saturated rings. The highest BCUT2D eigenvalue weighted by Gasteiger charge is 2.18. The van der Waals surface area contributed by atoms with Gasteiger partial charge < -0.3 is 5.32 Å². The number of pyridine rings is 1. The first-order valence-electron chi connectivity index (χ1n) is 5.72. The number of fused-ring (bicyclic) bond motifs is 1. The van der Waals surface area contributed by atoms with Crippen molar-refractivity contribution in [1.29, 1.82) is 0 Å². The van der Waals surface area contributed by atoms with Gasteiger partial charge in [-0.3, -0.25) is 14.3 Å². The van der Waals surface area contributed by atoms with Crippen molar-refractivity contribution in [2.45, 2.75) is 13.0 Å². The highest BCUT2D eigenvalue weighted by molar-refractivity contribution is 5.94. The SMILES string of the molecule is O=C(c1ccccn1)n1ccc2c1CCNC2. The van der Waals surface area contributed by atoms with Gasteiger partial charge in [0, 0.05) is 37.6 Å². The van der Waals surface area contributed by atoms with E-state index >= 15 is 0 Å². The molecule has 0 saturated carbocycles. The molecule has 3 heterocycles. The smallest absolute Gasteiger partial charge is 0.280 e. The Morgan fingerprint density at radius 3 is 3.12 bits per heavy atom. The zero-order valence-corrected chi connectivity index (χ0v) is 9.39. The molecule has 0 unspecified atom stereocenters. The average Bonchev–Trinajstić information content (AvgIpc) is 2.83. The summed E-state index contributed by atoms with van der Waals surface area (Å²) in [7, 11) is 0. The lowest BCUT2D eigenvalue weighted by molar-refractivity contribution is 0.0952. The Labute approximate surface area is 99.3 Å². The van der Waals surface area contributed by atoms with Gasteiger partial charge in [-0.2, -0.15) is 0 Å². The molecule has 0 spiro atoms. The normalized spacial score (nSPS) is 14.4. The molecule has 2 aromatic rings. The maximum Gasteiger partial charge on any atom is 0.280 e. The highest BCUT2D eigenvalue weighted by Crippen LogP contribution is 2.16. The zero-order chi connectivity index (χ0) is 11.7. The van der Waals surface area contributed by atoms with Gasteiger partial charge >= 0.3 is 0 Å². The molecule has 3 rings (SSSR count). The standard InChI is InChI=1S/C13H13N3O/c17-13(11-3-1-2-6-15-11)16-8-5-10-9-14-7-4-12(10)16/h1-3,5-6,8,14H,4,7,9H2. The van der Waals surface area contributed by atoms with Gasteiger partial charge in [0.2, 0.25) is 0 Å². The van der Waals surface area contributed by atoms with Crippen molar-refractivity contribution in [2.75, 3.05) is 6.54 Å². The summed E-state index contributed by atoms with van der Waals surface area (Å²) in [5.41, 5.74) is 2.81. The molecule has 4 nitrogen and oxygen atoms in total. The van der Waals surface area contributed by atoms with E-state index in [0.717, 1.165) is 25.2 Å². The van der Waals surface area contributed by atoms with Crippen LogP contribution < -0.4 is 5.32 Å². The van der Waals surface area contributed by atoms with Crippen molar-refractivity contribution < 1.29 is 4.79 Å². The fourth-order valence-corrected chi connectivity index (χ4v) is 2.18. The summed E-state index contributed by atoms with van der Waals surface area (Å²) >= 11 is 0. The first-order chi connectivity index (χ1) is 8.36. The minimum atomic E-state index is -0.0475. The summed E-state index contributed by atoms with van der Waals surface area (Å²) in [6.45, 7) is 1.77. The van der Waals surface area contributed by atoms with Crippen molar-refractivity contribution in [3.05, 3.63) is 53.6 Å². The van der Waals surface area contributed by atoms with Crippen LogP contribution in [0.25, 0.3) is 0 Å². The molecule has 1 aliphatic rings. The van der Waals surface area contributed by atoms with Crippen LogP contribution in [0.5, 0.6) is 0 Å². The number of carbonyl (C=O) groups excluding carboxylic acids is 1. The number of carbonyl (C=O) groups is 1. The first-order valence-corrected chi connectivity index (χ1v) is 5.72. The Morgan fingerprint density at radius 2 is 2.29 bits per heavy atom. The number of nitrogens with one attached hydrogen (secondary N) is 1. The van der Waals surface area contributed by atoms with Crippen LogP contribution in [0.15, 0.2) is 36.7 Å². The molecule has 2 aromatic heterocycles. The third-order valence-corrected chi connectivity index (χ3v) is 3.04. The summed E-state index contributed by atoms with van der Waals surface area (Å²) in [5, 5.41) is 3.29. The lowest BCUT2D eigenvalue weighted by atomic mass is 10.1. The monoisotopic (exact) mass is 227 g/mol. The molecule has 0 atom stereocenters. The minimum absolute atomic E-state index is 0.0475. The molecule has 0 aromatic carbocycles. The second-order valence-corrected chi connectivity index (χ2v) is 4.10. The lowest BCUT2D eigenvalue weighted by Crippen LogP contribution is -2.26. The third kappa shape index (κ3) is 1.76. The molecule has 4 heteroatoms. The third-order valence-electron chi connectivity index (χ3n) is 3.04. The van der Waals surface area contributed by atoms with Crippen molar-refractivity contribution in [3.8, 4) is 0 Å². The molecule has 17 heavy (non-hydrogen) atoms. The van der Waals surface area contributed by atoms with Crippen LogP contribution in [0.1, 0.15) is 21.7 Å². The minimum Gasteiger partial charge on any atom is -0.312 e. The molecule has 1 aliphatic heterocycles. The number of hydrogen-bond donors (Lipinski definition) is 1. The van der Waals surface area contributed by atoms with Gasteiger partial charge in [-0.25, -0.2) is 0 Å². The van der Waals surface area contributed by atoms with E-state index in [0.29, 0.717) is 5.69 Å². The summed E-state index contributed by atoms with van der Waals surface area (Å²) in [6, 6.07) is 7.39. The molecule has 0 bridgehead atoms. The zero-order valence-electron chi connectivity index (χ0n) is 9.39. The summed E-state index contributed by atoms with van der Waals surface area (Å²) in [4.78, 5) is 16.4. The highest BCUT2D eigenvalue weighted by atomic mass is 16.2. The van der Waals surface area contributed by atoms with E-state index in [1.165, 1.54) is 5.56 Å².